The molecule has 0 unspecified atom stereocenters. The lowest BCUT2D eigenvalue weighted by atomic mass is 9.86. The van der Waals surface area contributed by atoms with Gasteiger partial charge in [-0.3, -0.25) is 4.79 Å². The molecule has 0 aliphatic heterocycles. The molecule has 0 spiro atoms. The monoisotopic (exact) mass is 357 g/mol. The topological polar surface area (TPSA) is 88.2 Å². The number of hydrogen-bond donors (Lipinski definition) is 2. The van der Waals surface area contributed by atoms with Gasteiger partial charge in [-0.25, -0.2) is 9.07 Å². The minimum absolute atomic E-state index is 0.134. The molecule has 0 aliphatic carbocycles. The van der Waals surface area contributed by atoms with E-state index in [1.54, 1.807) is 35.0 Å². The van der Waals surface area contributed by atoms with Gasteiger partial charge in [0, 0.05) is 12.5 Å². The fourth-order valence-electron chi connectivity index (χ4n) is 3.18. The fraction of sp³-hybridized carbons (Fsp3) is 0.316. The molecule has 0 radical (unpaired) electrons. The van der Waals surface area contributed by atoms with Gasteiger partial charge in [0.1, 0.15) is 5.52 Å². The Bertz CT molecular complexity index is 968. The van der Waals surface area contributed by atoms with Gasteiger partial charge in [-0.15, -0.1) is 5.10 Å². The summed E-state index contributed by atoms with van der Waals surface area (Å²) in [7, 11) is 0. The van der Waals surface area contributed by atoms with Crippen molar-refractivity contribution in [2.45, 2.75) is 39.3 Å². The van der Waals surface area contributed by atoms with Gasteiger partial charge in [-0.05, 0) is 42.2 Å². The van der Waals surface area contributed by atoms with Crippen molar-refractivity contribution in [1.29, 1.82) is 0 Å². The summed E-state index contributed by atoms with van der Waals surface area (Å²) in [6, 6.07) is 8.62. The summed E-state index contributed by atoms with van der Waals surface area (Å²) < 4.78 is 16.7. The van der Waals surface area contributed by atoms with Crippen LogP contribution in [0.1, 0.15) is 41.5 Å². The molecule has 1 heterocycles. The highest BCUT2D eigenvalue weighted by Crippen LogP contribution is 2.33. The largest absolute Gasteiger partial charge is 0.481 e. The average molecular weight is 357 g/mol. The van der Waals surface area contributed by atoms with E-state index in [2.05, 4.69) is 10.3 Å². The Morgan fingerprint density at radius 1 is 1.31 bits per heavy atom. The highest BCUT2D eigenvalue weighted by atomic mass is 19.1. The van der Waals surface area contributed by atoms with E-state index in [-0.39, 0.29) is 24.1 Å². The highest BCUT2D eigenvalue weighted by Gasteiger charge is 2.24. The fourth-order valence-corrected chi connectivity index (χ4v) is 3.18. The number of aryl methyl sites for hydroxylation is 2. The number of benzene rings is 2. The Balaban J connectivity index is 2.15. The van der Waals surface area contributed by atoms with Crippen LogP contribution in [0.2, 0.25) is 0 Å². The molecule has 1 atom stereocenters. The van der Waals surface area contributed by atoms with Crippen molar-refractivity contribution in [3.05, 3.63) is 58.4 Å². The summed E-state index contributed by atoms with van der Waals surface area (Å²) in [5.74, 6) is -2.27. The normalized spacial score (nSPS) is 12.5. The van der Waals surface area contributed by atoms with E-state index >= 15 is 4.39 Å². The second-order valence-electron chi connectivity index (χ2n) is 6.24. The number of aliphatic hydroxyl groups is 1. The lowest BCUT2D eigenvalue weighted by molar-refractivity contribution is -0.137. The first-order valence-corrected chi connectivity index (χ1v) is 8.39. The lowest BCUT2D eigenvalue weighted by Crippen LogP contribution is -2.11. The first kappa shape index (κ1) is 18.0. The Morgan fingerprint density at radius 2 is 2.08 bits per heavy atom. The maximum Gasteiger partial charge on any atom is 0.304 e. The third-order valence-corrected chi connectivity index (χ3v) is 4.66. The summed E-state index contributed by atoms with van der Waals surface area (Å²) in [5, 5.41) is 26.6. The predicted octanol–water partition coefficient (Wildman–Crippen LogP) is 3.00. The molecule has 7 heteroatoms. The molecule has 1 aromatic heterocycles. The number of aliphatic carboxylic acids is 1. The molecule has 6 nitrogen and oxygen atoms in total. The Kier molecular flexibility index (Phi) is 4.99. The van der Waals surface area contributed by atoms with E-state index < -0.39 is 17.7 Å². The van der Waals surface area contributed by atoms with Crippen LogP contribution in [0.25, 0.3) is 11.0 Å². The molecular weight excluding hydrogens is 337 g/mol. The van der Waals surface area contributed by atoms with E-state index in [0.717, 1.165) is 5.56 Å². The van der Waals surface area contributed by atoms with Crippen LogP contribution in [0.4, 0.5) is 4.39 Å². The standard InChI is InChI=1S/C19H20FN3O3/c1-3-23-16-7-6-14(18(20)19(16)21-22-23)15(9-17(25)26)12-5-4-11(2)13(8-12)10-24/h4-8,15,24H,3,9-10H2,1-2H3,(H,25,26)/t15-/m1/s1. The number of aromatic nitrogens is 3. The molecule has 0 saturated heterocycles. The zero-order valence-electron chi connectivity index (χ0n) is 14.6. The SMILES string of the molecule is CCn1nnc2c(F)c([C@H](CC(=O)O)c3ccc(C)c(CO)c3)ccc21. The van der Waals surface area contributed by atoms with Crippen LogP contribution in [0, 0.1) is 12.7 Å². The molecule has 2 N–H and O–H groups in total. The number of rotatable bonds is 6. The van der Waals surface area contributed by atoms with Gasteiger partial charge in [-0.2, -0.15) is 0 Å². The van der Waals surface area contributed by atoms with Crippen molar-refractivity contribution in [3.8, 4) is 0 Å². The second kappa shape index (κ2) is 7.21. The molecule has 0 fully saturated rings. The first-order chi connectivity index (χ1) is 12.5. The molecule has 26 heavy (non-hydrogen) atoms. The summed E-state index contributed by atoms with van der Waals surface area (Å²) in [6.45, 7) is 4.14. The van der Waals surface area contributed by atoms with Crippen LogP contribution in [-0.4, -0.2) is 31.2 Å². The van der Waals surface area contributed by atoms with Gasteiger partial charge >= 0.3 is 5.97 Å². The third kappa shape index (κ3) is 3.17. The number of nitrogens with zero attached hydrogens (tertiary/aromatic N) is 3. The van der Waals surface area contributed by atoms with Crippen LogP contribution >= 0.6 is 0 Å². The zero-order chi connectivity index (χ0) is 18.8. The first-order valence-electron chi connectivity index (χ1n) is 8.39. The molecular formula is C19H20FN3O3. The number of aliphatic hydroxyl groups excluding tert-OH is 1. The number of halogens is 1. The Hall–Kier alpha value is -2.80. The number of carboxylic acids is 1. The van der Waals surface area contributed by atoms with Gasteiger partial charge < -0.3 is 10.2 Å². The third-order valence-electron chi connectivity index (χ3n) is 4.66. The van der Waals surface area contributed by atoms with Crippen LogP contribution in [0.5, 0.6) is 0 Å². The summed E-state index contributed by atoms with van der Waals surface area (Å²) in [4.78, 5) is 11.4. The van der Waals surface area contributed by atoms with Gasteiger partial charge in [0.15, 0.2) is 5.82 Å². The highest BCUT2D eigenvalue weighted by molar-refractivity contribution is 5.77. The average Bonchev–Trinajstić information content (AvgIpc) is 3.05. The van der Waals surface area contributed by atoms with E-state index in [9.17, 15) is 15.0 Å². The zero-order valence-corrected chi connectivity index (χ0v) is 14.6. The minimum atomic E-state index is -1.03. The van der Waals surface area contributed by atoms with E-state index in [0.29, 0.717) is 23.2 Å². The van der Waals surface area contributed by atoms with Crippen LogP contribution in [-0.2, 0) is 17.9 Å². The smallest absolute Gasteiger partial charge is 0.304 e. The molecule has 2 aromatic carbocycles. The van der Waals surface area contributed by atoms with Gasteiger partial charge in [0.05, 0.1) is 18.5 Å². The molecule has 136 valence electrons. The van der Waals surface area contributed by atoms with Crippen LogP contribution in [0.3, 0.4) is 0 Å². The van der Waals surface area contributed by atoms with Crippen molar-refractivity contribution in [2.24, 2.45) is 0 Å². The summed E-state index contributed by atoms with van der Waals surface area (Å²) >= 11 is 0. The van der Waals surface area contributed by atoms with Crippen molar-refractivity contribution >= 4 is 17.0 Å². The van der Waals surface area contributed by atoms with Crippen LogP contribution in [0.15, 0.2) is 30.3 Å². The predicted molar refractivity (Wildman–Crippen MR) is 94.4 cm³/mol. The molecule has 0 saturated carbocycles. The van der Waals surface area contributed by atoms with E-state index in [1.807, 2.05) is 13.8 Å². The Morgan fingerprint density at radius 3 is 2.73 bits per heavy atom. The maximum absolute atomic E-state index is 15.1. The molecule has 0 bridgehead atoms. The van der Waals surface area contributed by atoms with Crippen molar-refractivity contribution < 1.29 is 19.4 Å². The van der Waals surface area contributed by atoms with Gasteiger partial charge in [-0.1, -0.05) is 29.5 Å². The summed E-state index contributed by atoms with van der Waals surface area (Å²) in [6.07, 6.45) is -0.266. The van der Waals surface area contributed by atoms with Crippen LogP contribution < -0.4 is 0 Å². The minimum Gasteiger partial charge on any atom is -0.481 e. The van der Waals surface area contributed by atoms with Crippen molar-refractivity contribution in [2.75, 3.05) is 0 Å². The lowest BCUT2D eigenvalue weighted by Gasteiger charge is -2.18. The van der Waals surface area contributed by atoms with Crippen molar-refractivity contribution in [3.63, 3.8) is 0 Å². The quantitative estimate of drug-likeness (QED) is 0.708. The second-order valence-corrected chi connectivity index (χ2v) is 6.24. The van der Waals surface area contributed by atoms with E-state index in [4.69, 9.17) is 0 Å². The molecule has 0 aliphatic rings. The van der Waals surface area contributed by atoms with Crippen molar-refractivity contribution in [1.82, 2.24) is 15.0 Å². The Labute approximate surface area is 149 Å². The number of carbonyl (C=O) groups is 1. The van der Waals surface area contributed by atoms with Gasteiger partial charge in [0.25, 0.3) is 0 Å². The number of carboxylic acid groups (broad SMARTS) is 1. The molecule has 3 aromatic rings. The maximum atomic E-state index is 15.1. The molecule has 0 amide bonds. The number of hydrogen-bond acceptors (Lipinski definition) is 4. The summed E-state index contributed by atoms with van der Waals surface area (Å²) in [5.41, 5.74) is 3.19. The molecule has 3 rings (SSSR count). The number of fused-ring (bicyclic) bond motifs is 1. The van der Waals surface area contributed by atoms with Gasteiger partial charge in [0.2, 0.25) is 0 Å². The van der Waals surface area contributed by atoms with E-state index in [1.165, 1.54) is 0 Å².